The molecule has 0 fully saturated rings. The van der Waals surface area contributed by atoms with Crippen LogP contribution >= 0.6 is 0 Å². The van der Waals surface area contributed by atoms with Gasteiger partial charge >= 0.3 is 5.97 Å². The maximum atomic E-state index is 12.7. The fourth-order valence-electron chi connectivity index (χ4n) is 4.16. The Labute approximate surface area is 182 Å². The van der Waals surface area contributed by atoms with E-state index in [0.29, 0.717) is 24.6 Å². The van der Waals surface area contributed by atoms with Crippen molar-refractivity contribution in [3.8, 4) is 0 Å². The minimum atomic E-state index is -0.891. The molecule has 9 nitrogen and oxygen atoms in total. The van der Waals surface area contributed by atoms with Crippen LogP contribution < -0.4 is 16.0 Å². The molecule has 0 bridgehead atoms. The number of guanidine groups is 1. The average Bonchev–Trinajstić information content (AvgIpc) is 3.10. The number of carboxylic acids is 1. The molecule has 1 aromatic rings. The van der Waals surface area contributed by atoms with Crippen molar-refractivity contribution >= 4 is 29.4 Å². The Morgan fingerprint density at radius 2 is 2.03 bits per heavy atom. The van der Waals surface area contributed by atoms with Crippen LogP contribution in [-0.2, 0) is 14.4 Å². The highest BCUT2D eigenvalue weighted by molar-refractivity contribution is 6.00. The summed E-state index contributed by atoms with van der Waals surface area (Å²) in [4.78, 5) is 44.1. The Bertz CT molecular complexity index is 841. The molecule has 3 rings (SSSR count). The number of benzene rings is 1. The van der Waals surface area contributed by atoms with Crippen LogP contribution in [0.2, 0.25) is 0 Å². The van der Waals surface area contributed by atoms with Crippen LogP contribution in [0, 0.1) is 0 Å². The van der Waals surface area contributed by atoms with Crippen LogP contribution in [-0.4, -0.2) is 66.5 Å². The minimum Gasteiger partial charge on any atom is -0.481 e. The van der Waals surface area contributed by atoms with Gasteiger partial charge in [-0.3, -0.25) is 19.4 Å². The largest absolute Gasteiger partial charge is 0.481 e. The lowest BCUT2D eigenvalue weighted by atomic mass is 9.91. The number of carboxylic acid groups (broad SMARTS) is 1. The number of para-hydroxylation sites is 1. The maximum Gasteiger partial charge on any atom is 0.303 e. The van der Waals surface area contributed by atoms with Gasteiger partial charge in [-0.25, -0.2) is 0 Å². The first-order valence-corrected chi connectivity index (χ1v) is 10.9. The van der Waals surface area contributed by atoms with Gasteiger partial charge in [-0.15, -0.1) is 0 Å². The van der Waals surface area contributed by atoms with E-state index in [0.717, 1.165) is 44.5 Å². The lowest BCUT2D eigenvalue weighted by Gasteiger charge is -2.23. The van der Waals surface area contributed by atoms with Gasteiger partial charge in [0.05, 0.1) is 13.0 Å². The van der Waals surface area contributed by atoms with Crippen molar-refractivity contribution in [3.05, 3.63) is 29.8 Å². The molecule has 168 valence electrons. The summed E-state index contributed by atoms with van der Waals surface area (Å²) in [5.74, 6) is -0.879. The topological polar surface area (TPSA) is 128 Å². The third-order valence-electron chi connectivity index (χ3n) is 5.79. The fraction of sp³-hybridized carbons (Fsp3) is 0.545. The van der Waals surface area contributed by atoms with Crippen molar-refractivity contribution < 1.29 is 19.5 Å². The van der Waals surface area contributed by atoms with E-state index in [1.54, 1.807) is 12.1 Å². The van der Waals surface area contributed by atoms with Crippen LogP contribution in [0.4, 0.5) is 5.69 Å². The van der Waals surface area contributed by atoms with Crippen LogP contribution in [0.3, 0.4) is 0 Å². The van der Waals surface area contributed by atoms with Crippen molar-refractivity contribution in [3.63, 3.8) is 0 Å². The number of hydrogen-bond donors (Lipinski definition) is 3. The van der Waals surface area contributed by atoms with Crippen molar-refractivity contribution in [1.82, 2.24) is 10.2 Å². The number of nitrogens with zero attached hydrogens (tertiary/aromatic N) is 3. The predicted molar refractivity (Wildman–Crippen MR) is 118 cm³/mol. The highest BCUT2D eigenvalue weighted by Crippen LogP contribution is 2.36. The molecule has 2 aliphatic rings. The molecule has 0 radical (unpaired) electrons. The van der Waals surface area contributed by atoms with Crippen molar-refractivity contribution in [2.45, 2.75) is 44.4 Å². The highest BCUT2D eigenvalue weighted by Gasteiger charge is 2.30. The lowest BCUT2D eigenvalue weighted by molar-refractivity contribution is -0.137. The number of nitrogens with two attached hydrogens (primary N) is 1. The number of fused-ring (bicyclic) bond motifs is 1. The van der Waals surface area contributed by atoms with Crippen molar-refractivity contribution in [1.29, 1.82) is 0 Å². The smallest absolute Gasteiger partial charge is 0.303 e. The molecule has 0 saturated carbocycles. The summed E-state index contributed by atoms with van der Waals surface area (Å²) in [6.45, 7) is 3.00. The molecule has 0 saturated heterocycles. The minimum absolute atomic E-state index is 0.0285. The van der Waals surface area contributed by atoms with E-state index in [9.17, 15) is 19.5 Å². The Balaban J connectivity index is 1.48. The van der Waals surface area contributed by atoms with Crippen molar-refractivity contribution in [2.75, 3.05) is 37.6 Å². The number of nitrogens with one attached hydrogen (secondary N) is 1. The number of hydrogen-bond acceptors (Lipinski definition) is 6. The second-order valence-corrected chi connectivity index (χ2v) is 8.01. The quantitative estimate of drug-likeness (QED) is 0.481. The number of amides is 2. The first kappa shape index (κ1) is 22.6. The highest BCUT2D eigenvalue weighted by atomic mass is 16.4. The van der Waals surface area contributed by atoms with Gasteiger partial charge in [-0.1, -0.05) is 18.2 Å². The Kier molecular flexibility index (Phi) is 7.86. The molecule has 1 aromatic carbocycles. The van der Waals surface area contributed by atoms with Gasteiger partial charge in [-0.05, 0) is 43.2 Å². The summed E-state index contributed by atoms with van der Waals surface area (Å²) >= 11 is 0. The average molecular weight is 430 g/mol. The van der Waals surface area contributed by atoms with Gasteiger partial charge in [0.1, 0.15) is 6.54 Å². The first-order valence-electron chi connectivity index (χ1n) is 10.9. The second kappa shape index (κ2) is 10.8. The summed E-state index contributed by atoms with van der Waals surface area (Å²) in [6, 6.07) is 7.28. The molecule has 31 heavy (non-hydrogen) atoms. The molecular weight excluding hydrogens is 398 g/mol. The number of rotatable bonds is 10. The standard InChI is InChI=1S/C22H31N5O4/c23-22-25-11-13-26(22)12-5-1-4-10-24-19(28)15-27-18-7-3-2-6-17(18)16(14-21(30)31)8-9-20(27)29/h2-3,6-7,16H,1,4-5,8-15H2,(H2,23,25)(H,24,28)(H,30,31). The van der Waals surface area contributed by atoms with Crippen LogP contribution in [0.5, 0.6) is 0 Å². The third-order valence-corrected chi connectivity index (χ3v) is 5.79. The van der Waals surface area contributed by atoms with Gasteiger partial charge in [-0.2, -0.15) is 0 Å². The van der Waals surface area contributed by atoms with Crippen LogP contribution in [0.25, 0.3) is 0 Å². The normalized spacial score (nSPS) is 18.4. The second-order valence-electron chi connectivity index (χ2n) is 8.01. The zero-order chi connectivity index (χ0) is 22.2. The molecule has 4 N–H and O–H groups in total. The Morgan fingerprint density at radius 1 is 1.23 bits per heavy atom. The summed E-state index contributed by atoms with van der Waals surface area (Å²) in [7, 11) is 0. The van der Waals surface area contributed by atoms with E-state index in [-0.39, 0.29) is 37.1 Å². The van der Waals surface area contributed by atoms with Gasteiger partial charge in [0.25, 0.3) is 0 Å². The Morgan fingerprint density at radius 3 is 2.77 bits per heavy atom. The van der Waals surface area contributed by atoms with E-state index < -0.39 is 5.97 Å². The molecule has 2 amide bonds. The number of carbonyl (C=O) groups excluding carboxylic acids is 2. The van der Waals surface area contributed by atoms with E-state index in [2.05, 4.69) is 15.2 Å². The number of carbonyl (C=O) groups is 3. The fourth-order valence-corrected chi connectivity index (χ4v) is 4.16. The molecule has 2 heterocycles. The summed E-state index contributed by atoms with van der Waals surface area (Å²) in [5, 5.41) is 12.1. The molecule has 9 heteroatoms. The molecule has 0 aromatic heterocycles. The predicted octanol–water partition coefficient (Wildman–Crippen LogP) is 1.29. The number of anilines is 1. The first-order chi connectivity index (χ1) is 15.0. The van der Waals surface area contributed by atoms with E-state index in [1.807, 2.05) is 12.1 Å². The molecule has 2 aliphatic heterocycles. The molecule has 1 atom stereocenters. The summed E-state index contributed by atoms with van der Waals surface area (Å²) in [5.41, 5.74) is 7.24. The monoisotopic (exact) mass is 429 g/mol. The van der Waals surface area contributed by atoms with Crippen LogP contribution in [0.15, 0.2) is 29.3 Å². The zero-order valence-corrected chi connectivity index (χ0v) is 17.8. The number of aliphatic imine (C=N–C) groups is 1. The van der Waals surface area contributed by atoms with Gasteiger partial charge in [0.2, 0.25) is 11.8 Å². The maximum absolute atomic E-state index is 12.7. The molecular formula is C22H31N5O4. The van der Waals surface area contributed by atoms with E-state index in [1.165, 1.54) is 4.90 Å². The van der Waals surface area contributed by atoms with E-state index in [4.69, 9.17) is 5.73 Å². The molecule has 1 unspecified atom stereocenters. The van der Waals surface area contributed by atoms with Gasteiger partial charge < -0.3 is 26.0 Å². The molecule has 0 spiro atoms. The lowest BCUT2D eigenvalue weighted by Crippen LogP contribution is -2.41. The van der Waals surface area contributed by atoms with Gasteiger partial charge in [0.15, 0.2) is 5.96 Å². The van der Waals surface area contributed by atoms with Crippen molar-refractivity contribution in [2.24, 2.45) is 10.7 Å². The number of aliphatic carboxylic acids is 1. The van der Waals surface area contributed by atoms with E-state index >= 15 is 0 Å². The van der Waals surface area contributed by atoms with Crippen LogP contribution in [0.1, 0.15) is 50.0 Å². The Hall–Kier alpha value is -3.10. The third kappa shape index (κ3) is 6.19. The summed E-state index contributed by atoms with van der Waals surface area (Å²) in [6.07, 6.45) is 3.46. The summed E-state index contributed by atoms with van der Waals surface area (Å²) < 4.78 is 0. The molecule has 0 aliphatic carbocycles. The zero-order valence-electron chi connectivity index (χ0n) is 17.8. The van der Waals surface area contributed by atoms with Gasteiger partial charge in [0, 0.05) is 31.7 Å². The SMILES string of the molecule is NC1=NCCN1CCCCCNC(=O)CN1C(=O)CCC(CC(=O)O)c2ccccc21. The number of unbranched alkanes of at least 4 members (excludes halogenated alkanes) is 2.